The van der Waals surface area contributed by atoms with E-state index in [0.29, 0.717) is 13.1 Å². The molecule has 3 rings (SSSR count). The summed E-state index contributed by atoms with van der Waals surface area (Å²) < 4.78 is 5.65. The Morgan fingerprint density at radius 3 is 2.72 bits per heavy atom. The van der Waals surface area contributed by atoms with Gasteiger partial charge in [-0.25, -0.2) is 4.79 Å². The molecule has 1 aliphatic rings. The van der Waals surface area contributed by atoms with Crippen LogP contribution in [0.2, 0.25) is 0 Å². The zero-order chi connectivity index (χ0) is 17.6. The average Bonchev–Trinajstić information content (AvgIpc) is 3.11. The predicted octanol–water partition coefficient (Wildman–Crippen LogP) is 0.813. The molecule has 1 atom stereocenters. The number of carbonyl (C=O) groups is 1. The lowest BCUT2D eigenvalue weighted by molar-refractivity contribution is -0.132. The molecule has 0 bridgehead atoms. The van der Waals surface area contributed by atoms with Crippen LogP contribution in [0, 0.1) is 0 Å². The minimum absolute atomic E-state index is 0.0292. The molecule has 1 aromatic heterocycles. The molecule has 2 heterocycles. The molecule has 1 aromatic carbocycles. The molecular weight excluding hydrogens is 322 g/mol. The predicted molar refractivity (Wildman–Crippen MR) is 92.2 cm³/mol. The van der Waals surface area contributed by atoms with Gasteiger partial charge < -0.3 is 14.6 Å². The number of amides is 1. The van der Waals surface area contributed by atoms with Gasteiger partial charge in [0.2, 0.25) is 5.91 Å². The zero-order valence-corrected chi connectivity index (χ0v) is 13.9. The number of nitrogens with zero attached hydrogens (tertiary/aromatic N) is 1. The molecule has 1 amide bonds. The number of nitrogens with one attached hydrogen (secondary N) is 2. The van der Waals surface area contributed by atoms with Gasteiger partial charge in [0.25, 0.3) is 5.56 Å². The number of aromatic nitrogens is 2. The molecule has 1 aliphatic heterocycles. The van der Waals surface area contributed by atoms with Crippen molar-refractivity contribution in [3.05, 3.63) is 68.5 Å². The summed E-state index contributed by atoms with van der Waals surface area (Å²) in [5, 5.41) is 0. The highest BCUT2D eigenvalue weighted by Crippen LogP contribution is 2.16. The van der Waals surface area contributed by atoms with Crippen LogP contribution in [-0.4, -0.2) is 40.0 Å². The Kier molecular flexibility index (Phi) is 5.45. The van der Waals surface area contributed by atoms with Crippen LogP contribution in [0.25, 0.3) is 0 Å². The van der Waals surface area contributed by atoms with Gasteiger partial charge in [-0.05, 0) is 18.4 Å². The molecule has 132 valence electrons. The van der Waals surface area contributed by atoms with E-state index in [1.165, 1.54) is 6.20 Å². The van der Waals surface area contributed by atoms with E-state index in [-0.39, 0.29) is 24.0 Å². The minimum atomic E-state index is -0.582. The second kappa shape index (κ2) is 7.94. The van der Waals surface area contributed by atoms with Crippen molar-refractivity contribution < 1.29 is 9.53 Å². The number of benzene rings is 1. The Morgan fingerprint density at radius 2 is 2.04 bits per heavy atom. The first-order valence-corrected chi connectivity index (χ1v) is 8.36. The molecule has 0 saturated carbocycles. The molecule has 1 fully saturated rings. The second-order valence-electron chi connectivity index (χ2n) is 6.17. The summed E-state index contributed by atoms with van der Waals surface area (Å²) in [4.78, 5) is 42.0. The number of ether oxygens (including phenoxy) is 1. The fraction of sp³-hybridized carbons (Fsp3) is 0.389. The van der Waals surface area contributed by atoms with Crippen molar-refractivity contribution in [1.29, 1.82) is 0 Å². The maximum atomic E-state index is 12.8. The fourth-order valence-corrected chi connectivity index (χ4v) is 2.94. The summed E-state index contributed by atoms with van der Waals surface area (Å²) in [6, 6.07) is 9.70. The van der Waals surface area contributed by atoms with Gasteiger partial charge in [0.1, 0.15) is 0 Å². The van der Waals surface area contributed by atoms with E-state index in [2.05, 4.69) is 9.97 Å². The van der Waals surface area contributed by atoms with Crippen LogP contribution in [0.5, 0.6) is 0 Å². The highest BCUT2D eigenvalue weighted by atomic mass is 16.5. The summed E-state index contributed by atoms with van der Waals surface area (Å²) in [6.45, 7) is 1.67. The SMILES string of the molecule is O=C(Cc1c[nH]c(=O)[nH]c1=O)N(Cc1ccccc1)C[C@@H]1CCCO1. The maximum absolute atomic E-state index is 12.8. The number of carbonyl (C=O) groups excluding carboxylic acids is 1. The van der Waals surface area contributed by atoms with Crippen molar-refractivity contribution >= 4 is 5.91 Å². The molecule has 0 radical (unpaired) electrons. The lowest BCUT2D eigenvalue weighted by Crippen LogP contribution is -2.39. The van der Waals surface area contributed by atoms with Crippen molar-refractivity contribution in [1.82, 2.24) is 14.9 Å². The molecule has 0 spiro atoms. The van der Waals surface area contributed by atoms with Crippen molar-refractivity contribution in [3.8, 4) is 0 Å². The third-order valence-electron chi connectivity index (χ3n) is 4.25. The minimum Gasteiger partial charge on any atom is -0.376 e. The summed E-state index contributed by atoms with van der Waals surface area (Å²) in [5.74, 6) is -0.170. The molecule has 1 saturated heterocycles. The van der Waals surface area contributed by atoms with Gasteiger partial charge in [-0.3, -0.25) is 14.6 Å². The van der Waals surface area contributed by atoms with Crippen LogP contribution in [0.4, 0.5) is 0 Å². The van der Waals surface area contributed by atoms with Crippen molar-refractivity contribution in [2.24, 2.45) is 0 Å². The third-order valence-corrected chi connectivity index (χ3v) is 4.25. The number of H-pyrrole nitrogens is 2. The van der Waals surface area contributed by atoms with Crippen LogP contribution < -0.4 is 11.2 Å². The van der Waals surface area contributed by atoms with E-state index in [4.69, 9.17) is 4.74 Å². The van der Waals surface area contributed by atoms with E-state index in [9.17, 15) is 14.4 Å². The van der Waals surface area contributed by atoms with Crippen LogP contribution in [0.1, 0.15) is 24.0 Å². The topological polar surface area (TPSA) is 95.3 Å². The van der Waals surface area contributed by atoms with E-state index in [1.54, 1.807) is 4.90 Å². The largest absolute Gasteiger partial charge is 0.376 e. The smallest absolute Gasteiger partial charge is 0.325 e. The lowest BCUT2D eigenvalue weighted by Gasteiger charge is -2.25. The average molecular weight is 343 g/mol. The first kappa shape index (κ1) is 17.2. The van der Waals surface area contributed by atoms with E-state index < -0.39 is 11.2 Å². The summed E-state index contributed by atoms with van der Waals surface area (Å²) in [7, 11) is 0. The first-order chi connectivity index (χ1) is 12.1. The molecular formula is C18H21N3O4. The number of hydrogen-bond donors (Lipinski definition) is 2. The van der Waals surface area contributed by atoms with Gasteiger partial charge in [0.15, 0.2) is 0 Å². The summed E-state index contributed by atoms with van der Waals surface area (Å²) in [6.07, 6.45) is 3.19. The number of hydrogen-bond acceptors (Lipinski definition) is 4. The van der Waals surface area contributed by atoms with Crippen molar-refractivity contribution in [3.63, 3.8) is 0 Å². The fourth-order valence-electron chi connectivity index (χ4n) is 2.94. The van der Waals surface area contributed by atoms with Gasteiger partial charge in [-0.1, -0.05) is 30.3 Å². The molecule has 2 N–H and O–H groups in total. The lowest BCUT2D eigenvalue weighted by atomic mass is 10.1. The molecule has 25 heavy (non-hydrogen) atoms. The first-order valence-electron chi connectivity index (χ1n) is 8.36. The molecule has 0 aliphatic carbocycles. The zero-order valence-electron chi connectivity index (χ0n) is 13.9. The van der Waals surface area contributed by atoms with E-state index in [0.717, 1.165) is 25.0 Å². The second-order valence-corrected chi connectivity index (χ2v) is 6.17. The number of aromatic amines is 2. The third kappa shape index (κ3) is 4.67. The van der Waals surface area contributed by atoms with Gasteiger partial charge in [-0.2, -0.15) is 0 Å². The molecule has 2 aromatic rings. The standard InChI is InChI=1S/C18H21N3O4/c22-16(9-14-10-19-18(24)20-17(14)23)21(12-15-7-4-8-25-15)11-13-5-2-1-3-6-13/h1-3,5-6,10,15H,4,7-9,11-12H2,(H2,19,20,23,24)/t15-/m0/s1. The van der Waals surface area contributed by atoms with Gasteiger partial charge in [0, 0.05) is 31.5 Å². The monoisotopic (exact) mass is 343 g/mol. The molecule has 7 nitrogen and oxygen atoms in total. The van der Waals surface area contributed by atoms with Gasteiger partial charge in [0.05, 0.1) is 12.5 Å². The van der Waals surface area contributed by atoms with Gasteiger partial charge >= 0.3 is 5.69 Å². The molecule has 7 heteroatoms. The summed E-state index contributed by atoms with van der Waals surface area (Å²) in [5.41, 5.74) is 0.148. The van der Waals surface area contributed by atoms with Crippen molar-refractivity contribution in [2.75, 3.05) is 13.2 Å². The Balaban J connectivity index is 1.75. The van der Waals surface area contributed by atoms with Gasteiger partial charge in [-0.15, -0.1) is 0 Å². The number of rotatable bonds is 6. The van der Waals surface area contributed by atoms with Crippen LogP contribution >= 0.6 is 0 Å². The highest BCUT2D eigenvalue weighted by Gasteiger charge is 2.23. The Hall–Kier alpha value is -2.67. The van der Waals surface area contributed by atoms with Crippen molar-refractivity contribution in [2.45, 2.75) is 31.9 Å². The summed E-state index contributed by atoms with van der Waals surface area (Å²) >= 11 is 0. The van der Waals surface area contributed by atoms with Crippen LogP contribution in [0.3, 0.4) is 0 Å². The highest BCUT2D eigenvalue weighted by molar-refractivity contribution is 5.78. The quantitative estimate of drug-likeness (QED) is 0.811. The van der Waals surface area contributed by atoms with Crippen LogP contribution in [-0.2, 0) is 22.5 Å². The van der Waals surface area contributed by atoms with E-state index in [1.807, 2.05) is 30.3 Å². The molecule has 0 unspecified atom stereocenters. The Morgan fingerprint density at radius 1 is 1.24 bits per heavy atom. The maximum Gasteiger partial charge on any atom is 0.325 e. The Bertz CT molecular complexity index is 822. The normalized spacial score (nSPS) is 16.7. The van der Waals surface area contributed by atoms with E-state index >= 15 is 0 Å². The Labute approximate surface area is 144 Å². The van der Waals surface area contributed by atoms with Crippen LogP contribution in [0.15, 0.2) is 46.1 Å².